The van der Waals surface area contributed by atoms with Crippen LogP contribution in [0.5, 0.6) is 0 Å². The largest absolute Gasteiger partial charge is 0.390 e. The molecule has 0 spiro atoms. The van der Waals surface area contributed by atoms with E-state index in [0.29, 0.717) is 6.42 Å². The lowest BCUT2D eigenvalue weighted by atomic mass is 9.93. The van der Waals surface area contributed by atoms with Crippen molar-refractivity contribution in [2.24, 2.45) is 0 Å². The summed E-state index contributed by atoms with van der Waals surface area (Å²) in [6, 6.07) is 6.29. The summed E-state index contributed by atoms with van der Waals surface area (Å²) in [6.45, 7) is 7.98. The van der Waals surface area contributed by atoms with Crippen LogP contribution in [0.25, 0.3) is 0 Å². The first-order chi connectivity index (χ1) is 7.36. The normalized spacial score (nSPS) is 13.9. The number of aryl methyl sites for hydroxylation is 2. The van der Waals surface area contributed by atoms with Crippen molar-refractivity contribution in [1.29, 1.82) is 0 Å². The summed E-state index contributed by atoms with van der Waals surface area (Å²) in [5.41, 5.74) is 3.20. The zero-order valence-electron chi connectivity index (χ0n) is 10.9. The Morgan fingerprint density at radius 1 is 1.25 bits per heavy atom. The van der Waals surface area contributed by atoms with Crippen molar-refractivity contribution in [3.05, 3.63) is 34.9 Å². The van der Waals surface area contributed by atoms with E-state index in [-0.39, 0.29) is 0 Å². The van der Waals surface area contributed by atoms with Gasteiger partial charge in [-0.1, -0.05) is 18.2 Å². The quantitative estimate of drug-likeness (QED) is 0.848. The summed E-state index contributed by atoms with van der Waals surface area (Å²) in [4.78, 5) is 0. The molecule has 0 amide bonds. The average molecular weight is 222 g/mol. The van der Waals surface area contributed by atoms with Gasteiger partial charge in [0.05, 0.1) is 11.7 Å². The monoisotopic (exact) mass is 222 g/mol. The molecule has 1 aromatic carbocycles. The van der Waals surface area contributed by atoms with Crippen LogP contribution in [0.4, 0.5) is 0 Å². The van der Waals surface area contributed by atoms with Gasteiger partial charge in [0.25, 0.3) is 0 Å². The SMILES string of the molecule is COC(C)(C)C(O)Cc1ccc(C)c(C)c1. The summed E-state index contributed by atoms with van der Waals surface area (Å²) in [5, 5.41) is 10.1. The van der Waals surface area contributed by atoms with Gasteiger partial charge in [-0.05, 0) is 44.4 Å². The molecule has 1 unspecified atom stereocenters. The van der Waals surface area contributed by atoms with Crippen molar-refractivity contribution in [1.82, 2.24) is 0 Å². The summed E-state index contributed by atoms with van der Waals surface area (Å²) in [7, 11) is 1.63. The summed E-state index contributed by atoms with van der Waals surface area (Å²) < 4.78 is 5.28. The third-order valence-electron chi connectivity index (χ3n) is 3.33. The Hall–Kier alpha value is -0.860. The zero-order valence-corrected chi connectivity index (χ0v) is 10.9. The molecule has 2 nitrogen and oxygen atoms in total. The van der Waals surface area contributed by atoms with Crippen LogP contribution in [-0.2, 0) is 11.2 Å². The molecule has 0 heterocycles. The number of aliphatic hydroxyl groups is 1. The highest BCUT2D eigenvalue weighted by molar-refractivity contribution is 5.30. The number of ether oxygens (including phenoxy) is 1. The highest BCUT2D eigenvalue weighted by Crippen LogP contribution is 2.19. The molecule has 0 aliphatic heterocycles. The van der Waals surface area contributed by atoms with Gasteiger partial charge in [-0.15, -0.1) is 0 Å². The van der Waals surface area contributed by atoms with E-state index < -0.39 is 11.7 Å². The summed E-state index contributed by atoms with van der Waals surface area (Å²) >= 11 is 0. The Balaban J connectivity index is 2.77. The molecule has 1 rings (SSSR count). The Bertz CT molecular complexity index is 356. The van der Waals surface area contributed by atoms with Crippen LogP contribution >= 0.6 is 0 Å². The van der Waals surface area contributed by atoms with Crippen LogP contribution < -0.4 is 0 Å². The van der Waals surface area contributed by atoms with E-state index in [1.54, 1.807) is 7.11 Å². The minimum Gasteiger partial charge on any atom is -0.390 e. The summed E-state index contributed by atoms with van der Waals surface area (Å²) in [6.07, 6.45) is 0.140. The molecule has 0 aliphatic rings. The Kier molecular flexibility index (Phi) is 4.11. The first-order valence-corrected chi connectivity index (χ1v) is 5.66. The molecule has 0 fully saturated rings. The van der Waals surface area contributed by atoms with Gasteiger partial charge >= 0.3 is 0 Å². The zero-order chi connectivity index (χ0) is 12.3. The molecular weight excluding hydrogens is 200 g/mol. The first-order valence-electron chi connectivity index (χ1n) is 5.66. The van der Waals surface area contributed by atoms with Gasteiger partial charge in [-0.25, -0.2) is 0 Å². The lowest BCUT2D eigenvalue weighted by molar-refractivity contribution is -0.0765. The Morgan fingerprint density at radius 3 is 2.38 bits per heavy atom. The van der Waals surface area contributed by atoms with E-state index in [0.717, 1.165) is 5.56 Å². The molecule has 1 N–H and O–H groups in total. The van der Waals surface area contributed by atoms with Crippen molar-refractivity contribution in [3.8, 4) is 0 Å². The van der Waals surface area contributed by atoms with Crippen LogP contribution in [0, 0.1) is 13.8 Å². The van der Waals surface area contributed by atoms with E-state index in [9.17, 15) is 5.11 Å². The minimum atomic E-state index is -0.501. The molecule has 1 aromatic rings. The molecule has 0 aliphatic carbocycles. The van der Waals surface area contributed by atoms with Crippen molar-refractivity contribution in [2.75, 3.05) is 7.11 Å². The molecule has 0 aromatic heterocycles. The number of hydrogen-bond donors (Lipinski definition) is 1. The fourth-order valence-corrected chi connectivity index (χ4v) is 1.54. The number of rotatable bonds is 4. The van der Waals surface area contributed by atoms with Crippen molar-refractivity contribution in [3.63, 3.8) is 0 Å². The van der Waals surface area contributed by atoms with Gasteiger partial charge in [0.15, 0.2) is 0 Å². The molecule has 2 heteroatoms. The number of aliphatic hydroxyl groups excluding tert-OH is 1. The molecule has 0 saturated heterocycles. The van der Waals surface area contributed by atoms with Gasteiger partial charge < -0.3 is 9.84 Å². The number of methoxy groups -OCH3 is 1. The summed E-state index contributed by atoms with van der Waals surface area (Å²) in [5.74, 6) is 0. The van der Waals surface area contributed by atoms with Crippen molar-refractivity contribution < 1.29 is 9.84 Å². The van der Waals surface area contributed by atoms with Gasteiger partial charge in [0.1, 0.15) is 0 Å². The highest BCUT2D eigenvalue weighted by Gasteiger charge is 2.27. The second kappa shape index (κ2) is 4.98. The van der Waals surface area contributed by atoms with Gasteiger partial charge in [-0.3, -0.25) is 0 Å². The van der Waals surface area contributed by atoms with E-state index in [1.165, 1.54) is 11.1 Å². The minimum absolute atomic E-state index is 0.486. The van der Waals surface area contributed by atoms with E-state index >= 15 is 0 Å². The fraction of sp³-hybridized carbons (Fsp3) is 0.571. The maximum atomic E-state index is 10.1. The second-order valence-electron chi connectivity index (χ2n) is 4.95. The van der Waals surface area contributed by atoms with E-state index in [1.807, 2.05) is 13.8 Å². The third-order valence-corrected chi connectivity index (χ3v) is 3.33. The lowest BCUT2D eigenvalue weighted by Gasteiger charge is -2.29. The third kappa shape index (κ3) is 3.06. The van der Waals surface area contributed by atoms with Crippen molar-refractivity contribution >= 4 is 0 Å². The Labute approximate surface area is 98.3 Å². The smallest absolute Gasteiger partial charge is 0.0883 e. The molecule has 0 saturated carbocycles. The molecular formula is C14H22O2. The second-order valence-corrected chi connectivity index (χ2v) is 4.95. The molecule has 1 atom stereocenters. The van der Waals surface area contributed by atoms with Gasteiger partial charge in [0.2, 0.25) is 0 Å². The lowest BCUT2D eigenvalue weighted by Crippen LogP contribution is -2.39. The Morgan fingerprint density at radius 2 is 1.88 bits per heavy atom. The van der Waals surface area contributed by atoms with Crippen LogP contribution in [0.1, 0.15) is 30.5 Å². The van der Waals surface area contributed by atoms with E-state index in [2.05, 4.69) is 32.0 Å². The molecule has 0 bridgehead atoms. The molecule has 16 heavy (non-hydrogen) atoms. The van der Waals surface area contributed by atoms with Crippen LogP contribution in [0.3, 0.4) is 0 Å². The highest BCUT2D eigenvalue weighted by atomic mass is 16.5. The average Bonchev–Trinajstić information content (AvgIpc) is 2.23. The predicted octanol–water partition coefficient (Wildman–Crippen LogP) is 2.63. The number of hydrogen-bond acceptors (Lipinski definition) is 2. The molecule has 90 valence electrons. The number of benzene rings is 1. The maximum absolute atomic E-state index is 10.1. The van der Waals surface area contributed by atoms with Crippen molar-refractivity contribution in [2.45, 2.75) is 45.8 Å². The van der Waals surface area contributed by atoms with Crippen LogP contribution in [0.2, 0.25) is 0 Å². The first kappa shape index (κ1) is 13.2. The topological polar surface area (TPSA) is 29.5 Å². The van der Waals surface area contributed by atoms with E-state index in [4.69, 9.17) is 4.74 Å². The molecule has 0 radical (unpaired) electrons. The standard InChI is InChI=1S/C14H22O2/c1-10-6-7-12(8-11(10)2)9-13(15)14(3,4)16-5/h6-8,13,15H,9H2,1-5H3. The fourth-order valence-electron chi connectivity index (χ4n) is 1.54. The van der Waals surface area contributed by atoms with Crippen LogP contribution in [0.15, 0.2) is 18.2 Å². The van der Waals surface area contributed by atoms with Gasteiger partial charge in [-0.2, -0.15) is 0 Å². The van der Waals surface area contributed by atoms with Crippen LogP contribution in [-0.4, -0.2) is 23.9 Å². The predicted molar refractivity (Wildman–Crippen MR) is 66.7 cm³/mol. The maximum Gasteiger partial charge on any atom is 0.0883 e. The van der Waals surface area contributed by atoms with Gasteiger partial charge in [0, 0.05) is 13.5 Å².